The molecule has 130 valence electrons. The Kier molecular flexibility index (Phi) is 4.03. The van der Waals surface area contributed by atoms with E-state index < -0.39 is 0 Å². The van der Waals surface area contributed by atoms with E-state index >= 15 is 0 Å². The Hall–Kier alpha value is -2.51. The molecule has 0 saturated carbocycles. The van der Waals surface area contributed by atoms with Crippen LogP contribution >= 0.6 is 23.1 Å². The van der Waals surface area contributed by atoms with Crippen molar-refractivity contribution in [1.82, 2.24) is 10.2 Å². The number of para-hydroxylation sites is 2. The Balaban J connectivity index is 1.29. The average molecular weight is 382 g/mol. The number of hydrogen-bond acceptors (Lipinski definition) is 7. The summed E-state index contributed by atoms with van der Waals surface area (Å²) >= 11 is 3.29. The molecule has 1 unspecified atom stereocenters. The van der Waals surface area contributed by atoms with Crippen LogP contribution in [0, 0.1) is 0 Å². The molecule has 0 fully saturated rings. The maximum absolute atomic E-state index is 5.91. The lowest BCUT2D eigenvalue weighted by atomic mass is 10.2. The summed E-state index contributed by atoms with van der Waals surface area (Å²) in [6.07, 6.45) is -0.381. The van der Waals surface area contributed by atoms with Crippen LogP contribution in [0.5, 0.6) is 11.5 Å². The monoisotopic (exact) mass is 382 g/mol. The third-order valence-electron chi connectivity index (χ3n) is 4.12. The largest absolute Gasteiger partial charge is 0.485 e. The van der Waals surface area contributed by atoms with Crippen molar-refractivity contribution in [2.45, 2.75) is 17.1 Å². The Morgan fingerprint density at radius 2 is 1.88 bits per heavy atom. The molecule has 1 aliphatic heterocycles. The highest BCUT2D eigenvalue weighted by atomic mass is 32.2. The van der Waals surface area contributed by atoms with Crippen molar-refractivity contribution in [2.75, 3.05) is 6.61 Å². The Morgan fingerprint density at radius 1 is 1.04 bits per heavy atom. The van der Waals surface area contributed by atoms with Gasteiger partial charge in [0, 0.05) is 10.5 Å². The van der Waals surface area contributed by atoms with E-state index in [0.717, 1.165) is 11.5 Å². The van der Waals surface area contributed by atoms with Crippen LogP contribution < -0.4 is 9.47 Å². The number of nitrogens with zero attached hydrogens (tertiary/aromatic N) is 2. The third-order valence-corrected chi connectivity index (χ3v) is 6.00. The lowest BCUT2D eigenvalue weighted by molar-refractivity contribution is 0.0686. The van der Waals surface area contributed by atoms with Crippen LogP contribution in [-0.4, -0.2) is 16.8 Å². The molecule has 5 nitrogen and oxygen atoms in total. The molecule has 7 heteroatoms. The summed E-state index contributed by atoms with van der Waals surface area (Å²) in [5.74, 6) is 2.66. The van der Waals surface area contributed by atoms with Crippen LogP contribution in [0.15, 0.2) is 63.6 Å². The van der Waals surface area contributed by atoms with Crippen molar-refractivity contribution in [3.8, 4) is 11.5 Å². The summed E-state index contributed by atoms with van der Waals surface area (Å²) in [6, 6.07) is 16.0. The van der Waals surface area contributed by atoms with Crippen LogP contribution in [0.2, 0.25) is 0 Å². The molecular formula is C19H14N2O3S2. The van der Waals surface area contributed by atoms with Crippen molar-refractivity contribution in [1.29, 1.82) is 0 Å². The molecule has 0 saturated heterocycles. The van der Waals surface area contributed by atoms with Crippen LogP contribution in [0.1, 0.15) is 17.6 Å². The fraction of sp³-hybridized carbons (Fsp3) is 0.158. The molecular weight excluding hydrogens is 368 g/mol. The van der Waals surface area contributed by atoms with Gasteiger partial charge in [0.25, 0.3) is 11.1 Å². The molecule has 2 aromatic carbocycles. The molecule has 1 aliphatic rings. The number of fused-ring (bicyclic) bond motifs is 2. The maximum Gasteiger partial charge on any atom is 0.277 e. The summed E-state index contributed by atoms with van der Waals surface area (Å²) in [7, 11) is 0. The molecule has 0 spiro atoms. The molecule has 1 atom stereocenters. The van der Waals surface area contributed by atoms with Crippen LogP contribution in [0.4, 0.5) is 0 Å². The lowest BCUT2D eigenvalue weighted by Gasteiger charge is -2.23. The molecule has 0 radical (unpaired) electrons. The quantitative estimate of drug-likeness (QED) is 0.458. The first-order valence-electron chi connectivity index (χ1n) is 8.16. The summed E-state index contributed by atoms with van der Waals surface area (Å²) in [4.78, 5) is 0. The zero-order valence-corrected chi connectivity index (χ0v) is 15.3. The summed E-state index contributed by atoms with van der Waals surface area (Å²) in [6.45, 7) is 0.360. The normalized spacial score (nSPS) is 16.1. The lowest BCUT2D eigenvalue weighted by Crippen LogP contribution is -2.21. The van der Waals surface area contributed by atoms with E-state index in [9.17, 15) is 0 Å². The van der Waals surface area contributed by atoms with Gasteiger partial charge in [0.2, 0.25) is 6.10 Å². The number of ether oxygens (including phenoxy) is 2. The van der Waals surface area contributed by atoms with Gasteiger partial charge in [-0.3, -0.25) is 0 Å². The smallest absolute Gasteiger partial charge is 0.277 e. The Labute approximate surface area is 158 Å². The van der Waals surface area contributed by atoms with Gasteiger partial charge in [-0.05, 0) is 34.5 Å². The minimum absolute atomic E-state index is 0.360. The predicted molar refractivity (Wildman–Crippen MR) is 101 cm³/mol. The SMILES string of the molecule is c1ccc2c(c1)OCC(c1nnc(SCc3csc4ccccc34)o1)O2. The molecule has 26 heavy (non-hydrogen) atoms. The Bertz CT molecular complexity index is 1060. The highest BCUT2D eigenvalue weighted by molar-refractivity contribution is 7.98. The van der Waals surface area contributed by atoms with E-state index in [0.29, 0.717) is 23.5 Å². The minimum atomic E-state index is -0.381. The van der Waals surface area contributed by atoms with E-state index in [2.05, 4.69) is 39.8 Å². The van der Waals surface area contributed by atoms with E-state index in [1.807, 2.05) is 24.3 Å². The van der Waals surface area contributed by atoms with Gasteiger partial charge in [0.1, 0.15) is 6.61 Å². The van der Waals surface area contributed by atoms with Crippen molar-refractivity contribution in [3.63, 3.8) is 0 Å². The van der Waals surface area contributed by atoms with Gasteiger partial charge < -0.3 is 13.9 Å². The topological polar surface area (TPSA) is 57.4 Å². The Morgan fingerprint density at radius 3 is 2.85 bits per heavy atom. The summed E-state index contributed by atoms with van der Waals surface area (Å²) in [5, 5.41) is 12.3. The van der Waals surface area contributed by atoms with E-state index in [1.54, 1.807) is 11.3 Å². The first kappa shape index (κ1) is 15.7. The fourth-order valence-corrected chi connectivity index (χ4v) is 4.66. The number of hydrogen-bond donors (Lipinski definition) is 0. The molecule has 5 rings (SSSR count). The predicted octanol–water partition coefficient (Wildman–Crippen LogP) is 5.09. The highest BCUT2D eigenvalue weighted by Crippen LogP contribution is 2.36. The first-order chi connectivity index (χ1) is 12.9. The van der Waals surface area contributed by atoms with Crippen LogP contribution in [-0.2, 0) is 5.75 Å². The third kappa shape index (κ3) is 2.93. The number of thioether (sulfide) groups is 1. The second kappa shape index (κ2) is 6.66. The standard InChI is InChI=1S/C19H14N2O3S2/c1-4-8-17-13(5-1)12(10-25-17)11-26-19-21-20-18(24-19)16-9-22-14-6-2-3-7-15(14)23-16/h1-8,10,16H,9,11H2. The molecule has 4 aromatic rings. The van der Waals surface area contributed by atoms with E-state index in [-0.39, 0.29) is 6.10 Å². The number of benzene rings is 2. The van der Waals surface area contributed by atoms with Gasteiger partial charge in [-0.2, -0.15) is 0 Å². The van der Waals surface area contributed by atoms with Gasteiger partial charge in [-0.1, -0.05) is 42.1 Å². The van der Waals surface area contributed by atoms with Gasteiger partial charge in [0.15, 0.2) is 11.5 Å². The highest BCUT2D eigenvalue weighted by Gasteiger charge is 2.27. The second-order valence-corrected chi connectivity index (χ2v) is 7.65. The molecule has 0 bridgehead atoms. The fourth-order valence-electron chi connectivity index (χ4n) is 2.83. The zero-order valence-electron chi connectivity index (χ0n) is 13.6. The van der Waals surface area contributed by atoms with Gasteiger partial charge in [0.05, 0.1) is 0 Å². The summed E-state index contributed by atoms with van der Waals surface area (Å²) in [5.41, 5.74) is 1.28. The second-order valence-electron chi connectivity index (χ2n) is 5.82. The van der Waals surface area contributed by atoms with Crippen molar-refractivity contribution >= 4 is 33.2 Å². The molecule has 0 amide bonds. The van der Waals surface area contributed by atoms with Crippen molar-refractivity contribution in [3.05, 3.63) is 65.4 Å². The molecule has 0 N–H and O–H groups in total. The number of aromatic nitrogens is 2. The van der Waals surface area contributed by atoms with Gasteiger partial charge >= 0.3 is 0 Å². The summed E-state index contributed by atoms with van der Waals surface area (Å²) < 4.78 is 18.7. The number of thiophene rings is 1. The minimum Gasteiger partial charge on any atom is -0.485 e. The van der Waals surface area contributed by atoms with Gasteiger partial charge in [-0.25, -0.2) is 0 Å². The van der Waals surface area contributed by atoms with E-state index in [4.69, 9.17) is 13.9 Å². The van der Waals surface area contributed by atoms with Crippen molar-refractivity contribution in [2.24, 2.45) is 0 Å². The van der Waals surface area contributed by atoms with Crippen LogP contribution in [0.3, 0.4) is 0 Å². The average Bonchev–Trinajstić information content (AvgIpc) is 3.33. The first-order valence-corrected chi connectivity index (χ1v) is 10.0. The van der Waals surface area contributed by atoms with E-state index in [1.165, 1.54) is 27.4 Å². The van der Waals surface area contributed by atoms with Crippen LogP contribution in [0.25, 0.3) is 10.1 Å². The van der Waals surface area contributed by atoms with Gasteiger partial charge in [-0.15, -0.1) is 21.5 Å². The van der Waals surface area contributed by atoms with Crippen molar-refractivity contribution < 1.29 is 13.9 Å². The molecule has 0 aliphatic carbocycles. The molecule has 3 heterocycles. The molecule has 2 aromatic heterocycles. The zero-order chi connectivity index (χ0) is 17.3. The number of rotatable bonds is 4. The maximum atomic E-state index is 5.91.